The molecule has 0 bridgehead atoms. The molecule has 74 valence electrons. The van der Waals surface area contributed by atoms with Crippen molar-refractivity contribution in [2.75, 3.05) is 0 Å². The van der Waals surface area contributed by atoms with Crippen LogP contribution < -0.4 is 0 Å². The fraction of sp³-hybridized carbons (Fsp3) is 0.333. The van der Waals surface area contributed by atoms with Crippen LogP contribution in [-0.2, 0) is 0 Å². The van der Waals surface area contributed by atoms with Crippen LogP contribution >= 0.6 is 11.8 Å². The first-order chi connectivity index (χ1) is 6.59. The van der Waals surface area contributed by atoms with Gasteiger partial charge in [0.25, 0.3) is 0 Å². The summed E-state index contributed by atoms with van der Waals surface area (Å²) in [5.41, 5.74) is 1.64. The van der Waals surface area contributed by atoms with E-state index >= 15 is 0 Å². The maximum Gasteiger partial charge on any atom is 0.415 e. The van der Waals surface area contributed by atoms with Gasteiger partial charge in [-0.05, 0) is 19.9 Å². The number of carbonyl (C=O) groups is 1. The number of allylic oxidation sites excluding steroid dienone is 3. The zero-order valence-corrected chi connectivity index (χ0v) is 8.71. The van der Waals surface area contributed by atoms with E-state index in [9.17, 15) is 4.79 Å². The predicted octanol–water partition coefficient (Wildman–Crippen LogP) is 2.26. The van der Waals surface area contributed by atoms with Crippen LogP contribution in [0.4, 0.5) is 4.79 Å². The van der Waals surface area contributed by atoms with Crippen molar-refractivity contribution in [3.05, 3.63) is 22.9 Å². The molecule has 2 aliphatic heterocycles. The maximum atomic E-state index is 10.8. The monoisotopic (exact) mass is 210 g/mol. The lowest BCUT2D eigenvalue weighted by atomic mass is 10.2. The van der Waals surface area contributed by atoms with Crippen LogP contribution in [0, 0.1) is 0 Å². The van der Waals surface area contributed by atoms with E-state index in [0.29, 0.717) is 0 Å². The first-order valence-corrected chi connectivity index (χ1v) is 5.13. The first-order valence-electron chi connectivity index (χ1n) is 4.25. The summed E-state index contributed by atoms with van der Waals surface area (Å²) < 4.78 is 0. The molecule has 2 heterocycles. The molecule has 0 saturated carbocycles. The summed E-state index contributed by atoms with van der Waals surface area (Å²) in [6, 6.07) is 0. The number of aliphatic imine (C=N–C) groups is 1. The predicted molar refractivity (Wildman–Crippen MR) is 56.2 cm³/mol. The van der Waals surface area contributed by atoms with E-state index in [2.05, 4.69) is 4.99 Å². The Balaban J connectivity index is 2.40. The third kappa shape index (κ3) is 1.33. The van der Waals surface area contributed by atoms with Gasteiger partial charge in [-0.15, -0.1) is 0 Å². The highest BCUT2D eigenvalue weighted by molar-refractivity contribution is 8.05. The van der Waals surface area contributed by atoms with Gasteiger partial charge in [0.05, 0.1) is 16.0 Å². The number of rotatable bonds is 0. The summed E-state index contributed by atoms with van der Waals surface area (Å²) in [5, 5.41) is 9.07. The highest BCUT2D eigenvalue weighted by Gasteiger charge is 2.27. The molecule has 0 aromatic carbocycles. The van der Waals surface area contributed by atoms with Crippen molar-refractivity contribution in [2.45, 2.75) is 19.2 Å². The molecule has 2 rings (SSSR count). The van der Waals surface area contributed by atoms with Crippen LogP contribution in [0.15, 0.2) is 27.9 Å². The Kier molecular flexibility index (Phi) is 2.11. The quantitative estimate of drug-likeness (QED) is 0.667. The van der Waals surface area contributed by atoms with Gasteiger partial charge in [-0.25, -0.2) is 4.79 Å². The molecule has 0 aromatic rings. The summed E-state index contributed by atoms with van der Waals surface area (Å²) in [7, 11) is 0. The second-order valence-electron chi connectivity index (χ2n) is 3.11. The molecule has 0 aliphatic carbocycles. The van der Waals surface area contributed by atoms with Crippen LogP contribution in [0.25, 0.3) is 0 Å². The van der Waals surface area contributed by atoms with E-state index in [-0.39, 0.29) is 5.37 Å². The van der Waals surface area contributed by atoms with Gasteiger partial charge in [0.2, 0.25) is 0 Å². The molecule has 1 atom stereocenters. The number of fused-ring (bicyclic) bond motifs is 1. The highest BCUT2D eigenvalue weighted by atomic mass is 32.2. The average Bonchev–Trinajstić information content (AvgIpc) is 2.46. The molecule has 14 heavy (non-hydrogen) atoms. The van der Waals surface area contributed by atoms with Gasteiger partial charge in [-0.1, -0.05) is 11.8 Å². The average molecular weight is 210 g/mol. The van der Waals surface area contributed by atoms with Crippen LogP contribution in [0.2, 0.25) is 0 Å². The molecule has 1 unspecified atom stereocenters. The van der Waals surface area contributed by atoms with Gasteiger partial charge in [0.15, 0.2) is 0 Å². The zero-order valence-electron chi connectivity index (χ0n) is 7.89. The van der Waals surface area contributed by atoms with Gasteiger partial charge >= 0.3 is 6.09 Å². The first kappa shape index (κ1) is 9.33. The second kappa shape index (κ2) is 3.16. The Bertz CT molecular complexity index is 384. The van der Waals surface area contributed by atoms with E-state index in [1.54, 1.807) is 31.0 Å². The summed E-state index contributed by atoms with van der Waals surface area (Å²) in [5.74, 6) is 0. The lowest BCUT2D eigenvalue weighted by Gasteiger charge is -2.20. The fourth-order valence-electron chi connectivity index (χ4n) is 1.47. The van der Waals surface area contributed by atoms with Crippen molar-refractivity contribution < 1.29 is 9.90 Å². The number of hydrogen-bond acceptors (Lipinski definition) is 3. The molecule has 0 saturated heterocycles. The van der Waals surface area contributed by atoms with Gasteiger partial charge in [-0.3, -0.25) is 9.89 Å². The lowest BCUT2D eigenvalue weighted by Crippen LogP contribution is -2.26. The van der Waals surface area contributed by atoms with Gasteiger partial charge in [0.1, 0.15) is 0 Å². The highest BCUT2D eigenvalue weighted by Crippen LogP contribution is 2.37. The Morgan fingerprint density at radius 3 is 3.07 bits per heavy atom. The summed E-state index contributed by atoms with van der Waals surface area (Å²) >= 11 is 1.60. The Hall–Kier alpha value is -1.23. The molecular weight excluding hydrogens is 200 g/mol. The van der Waals surface area contributed by atoms with Crippen molar-refractivity contribution in [3.8, 4) is 0 Å². The van der Waals surface area contributed by atoms with E-state index in [1.807, 2.05) is 6.92 Å². The Labute approximate surface area is 86.0 Å². The fourth-order valence-corrected chi connectivity index (χ4v) is 2.49. The number of carboxylic acid groups (broad SMARTS) is 1. The van der Waals surface area contributed by atoms with E-state index in [1.165, 1.54) is 4.90 Å². The molecule has 1 N–H and O–H groups in total. The lowest BCUT2D eigenvalue weighted by molar-refractivity contribution is 0.172. The largest absolute Gasteiger partial charge is 0.464 e. The van der Waals surface area contributed by atoms with Crippen LogP contribution in [0.3, 0.4) is 0 Å². The minimum atomic E-state index is -0.953. The topological polar surface area (TPSA) is 52.9 Å². The van der Waals surface area contributed by atoms with Crippen LogP contribution in [-0.4, -0.2) is 27.2 Å². The summed E-state index contributed by atoms with van der Waals surface area (Å²) in [4.78, 5) is 17.4. The smallest absolute Gasteiger partial charge is 0.415 e. The van der Waals surface area contributed by atoms with Gasteiger partial charge in [-0.2, -0.15) is 0 Å². The molecule has 0 fully saturated rings. The standard InChI is InChI=1S/C9H10N2O2S/c1-5-8-7(10-6(2)14-8)3-4-11(5)9(12)13/h3-4,6H,1-2H3,(H,12,13). The molecule has 0 radical (unpaired) electrons. The van der Waals surface area contributed by atoms with E-state index in [0.717, 1.165) is 16.3 Å². The normalized spacial score (nSPS) is 25.1. The molecule has 5 heteroatoms. The third-order valence-corrected chi connectivity index (χ3v) is 3.31. The number of nitrogens with zero attached hydrogens (tertiary/aromatic N) is 2. The number of amides is 1. The van der Waals surface area contributed by atoms with Gasteiger partial charge < -0.3 is 5.11 Å². The molecule has 1 amide bonds. The Morgan fingerprint density at radius 2 is 2.43 bits per heavy atom. The Morgan fingerprint density at radius 1 is 1.71 bits per heavy atom. The number of thioether (sulfide) groups is 1. The van der Waals surface area contributed by atoms with E-state index < -0.39 is 6.09 Å². The van der Waals surface area contributed by atoms with Crippen LogP contribution in [0.5, 0.6) is 0 Å². The molecule has 4 nitrogen and oxygen atoms in total. The van der Waals surface area contributed by atoms with Crippen molar-refractivity contribution in [1.29, 1.82) is 0 Å². The summed E-state index contributed by atoms with van der Waals surface area (Å²) in [6.07, 6.45) is 2.33. The maximum absolute atomic E-state index is 10.8. The van der Waals surface area contributed by atoms with E-state index in [4.69, 9.17) is 5.11 Å². The minimum absolute atomic E-state index is 0.188. The molecule has 2 aliphatic rings. The zero-order chi connectivity index (χ0) is 10.3. The van der Waals surface area contributed by atoms with Gasteiger partial charge in [0, 0.05) is 11.9 Å². The van der Waals surface area contributed by atoms with Crippen molar-refractivity contribution in [3.63, 3.8) is 0 Å². The second-order valence-corrected chi connectivity index (χ2v) is 4.44. The SMILES string of the molecule is CC1=C2SC(C)N=C2C=CN1C(=O)O. The third-order valence-electron chi connectivity index (χ3n) is 2.12. The summed E-state index contributed by atoms with van der Waals surface area (Å²) in [6.45, 7) is 3.79. The molecular formula is C9H10N2O2S. The molecule has 0 aromatic heterocycles. The molecule has 0 spiro atoms. The van der Waals surface area contributed by atoms with Crippen LogP contribution in [0.1, 0.15) is 13.8 Å². The van der Waals surface area contributed by atoms with Crippen molar-refractivity contribution in [1.82, 2.24) is 4.90 Å². The number of hydrogen-bond donors (Lipinski definition) is 1. The van der Waals surface area contributed by atoms with Crippen molar-refractivity contribution in [2.24, 2.45) is 4.99 Å². The van der Waals surface area contributed by atoms with Crippen molar-refractivity contribution >= 4 is 23.6 Å². The minimum Gasteiger partial charge on any atom is -0.464 e.